The van der Waals surface area contributed by atoms with Crippen LogP contribution < -0.4 is 0 Å². The molecule has 0 atom stereocenters. The highest BCUT2D eigenvalue weighted by molar-refractivity contribution is 7.81. The molecule has 0 spiro atoms. The van der Waals surface area contributed by atoms with E-state index < -0.39 is 16.4 Å². The molecule has 0 aliphatic carbocycles. The van der Waals surface area contributed by atoms with Crippen molar-refractivity contribution >= 4 is 22.7 Å². The van der Waals surface area contributed by atoms with Gasteiger partial charge in [-0.15, -0.1) is 0 Å². The highest BCUT2D eigenvalue weighted by atomic mass is 32.3. The molecule has 0 saturated carbocycles. The van der Waals surface area contributed by atoms with Crippen molar-refractivity contribution < 1.29 is 26.7 Å². The van der Waals surface area contributed by atoms with Crippen LogP contribution in [0.15, 0.2) is 0 Å². The zero-order valence-electron chi connectivity index (χ0n) is 3.97. The Kier molecular flexibility index (Phi) is 2.29. The van der Waals surface area contributed by atoms with Gasteiger partial charge < -0.3 is 4.18 Å². The molecule has 0 aliphatic rings. The molecule has 0 aliphatic heterocycles. The summed E-state index contributed by atoms with van der Waals surface area (Å²) in [7, 11) is -4.82. The van der Waals surface area contributed by atoms with Crippen LogP contribution in [0.2, 0.25) is 0 Å². The van der Waals surface area contributed by atoms with Crippen molar-refractivity contribution in [1.29, 1.82) is 0 Å². The molecule has 6 nitrogen and oxygen atoms in total. The molecule has 0 aromatic rings. The summed E-state index contributed by atoms with van der Waals surface area (Å²) in [6.45, 7) is 0. The Balaban J connectivity index is 4.06. The van der Waals surface area contributed by atoms with Crippen molar-refractivity contribution in [2.45, 2.75) is 0 Å². The molecule has 1 N–H and O–H groups in total. The van der Waals surface area contributed by atoms with Crippen LogP contribution in [0.3, 0.4) is 0 Å². The Morgan fingerprint density at radius 3 is 2.11 bits per heavy atom. The normalized spacial score (nSPS) is 10.3. The molecule has 0 rings (SSSR count). The zero-order chi connectivity index (χ0) is 7.49. The lowest BCUT2D eigenvalue weighted by Crippen LogP contribution is -2.11. The van der Waals surface area contributed by atoms with Gasteiger partial charge in [0.1, 0.15) is 0 Å². The van der Waals surface area contributed by atoms with E-state index in [1.165, 1.54) is 0 Å². The van der Waals surface area contributed by atoms with Crippen LogP contribution in [0.1, 0.15) is 0 Å². The van der Waals surface area contributed by atoms with Gasteiger partial charge in [0.15, 0.2) is 0 Å². The molecule has 7 heteroatoms. The van der Waals surface area contributed by atoms with Gasteiger partial charge in [-0.25, -0.2) is 4.79 Å². The quantitative estimate of drug-likeness (QED) is 0.296. The van der Waals surface area contributed by atoms with E-state index in [0.29, 0.717) is 0 Å². The lowest BCUT2D eigenvalue weighted by Gasteiger charge is -1.89. The molecule has 0 saturated heterocycles. The Hall–Kier alpha value is -0.950. The summed E-state index contributed by atoms with van der Waals surface area (Å²) in [4.78, 5) is 19.0. The number of hydrogen-bond donors (Lipinski definition) is 1. The van der Waals surface area contributed by atoms with E-state index in [4.69, 9.17) is 4.55 Å². The Labute approximate surface area is 50.4 Å². The minimum absolute atomic E-state index is 0.381. The Morgan fingerprint density at radius 1 is 1.56 bits per heavy atom. The zero-order valence-corrected chi connectivity index (χ0v) is 4.79. The van der Waals surface area contributed by atoms with E-state index in [1.54, 1.807) is 0 Å². The fourth-order valence-electron chi connectivity index (χ4n) is 0.123. The second-order valence-electron chi connectivity index (χ2n) is 0.948. The van der Waals surface area contributed by atoms with E-state index in [2.05, 4.69) is 4.18 Å². The van der Waals surface area contributed by atoms with E-state index in [9.17, 15) is 18.0 Å². The third-order valence-corrected chi connectivity index (χ3v) is 0.659. The van der Waals surface area contributed by atoms with Crippen LogP contribution in [0.4, 0.5) is 0 Å². The van der Waals surface area contributed by atoms with Gasteiger partial charge >= 0.3 is 16.4 Å². The third-order valence-electron chi connectivity index (χ3n) is 0.284. The predicted molar refractivity (Wildman–Crippen MR) is 23.7 cm³/mol. The summed E-state index contributed by atoms with van der Waals surface area (Å²) in [6.07, 6.45) is -0.381. The van der Waals surface area contributed by atoms with Gasteiger partial charge in [-0.2, -0.15) is 8.42 Å². The van der Waals surface area contributed by atoms with Gasteiger partial charge in [-0.05, 0) is 0 Å². The standard InChI is InChI=1S/C2H2O6S/c3-1-2(4)8-9(5,6)7/h1H,(H,5,6,7). The van der Waals surface area contributed by atoms with Crippen molar-refractivity contribution in [2.24, 2.45) is 0 Å². The highest BCUT2D eigenvalue weighted by Gasteiger charge is 2.10. The molecule has 0 aromatic carbocycles. The Morgan fingerprint density at radius 2 is 2.00 bits per heavy atom. The molecule has 0 heterocycles. The van der Waals surface area contributed by atoms with Crippen LogP contribution in [-0.2, 0) is 24.2 Å². The lowest BCUT2D eigenvalue weighted by atomic mass is 10.8. The molecule has 0 fully saturated rings. The summed E-state index contributed by atoms with van der Waals surface area (Å²) in [5.74, 6) is -1.66. The van der Waals surface area contributed by atoms with Crippen molar-refractivity contribution in [3.63, 3.8) is 0 Å². The fraction of sp³-hybridized carbons (Fsp3) is 0. The largest absolute Gasteiger partial charge is 0.449 e. The molecule has 0 aromatic heterocycles. The molecule has 0 unspecified atom stereocenters. The highest BCUT2D eigenvalue weighted by Crippen LogP contribution is 1.83. The second-order valence-corrected chi connectivity index (χ2v) is 1.97. The summed E-state index contributed by atoms with van der Waals surface area (Å²) < 4.78 is 29.9. The first-order chi connectivity index (χ1) is 3.95. The van der Waals surface area contributed by atoms with Crippen LogP contribution >= 0.6 is 0 Å². The molecule has 52 valence electrons. The number of carbonyl (C=O) groups is 2. The first-order valence-electron chi connectivity index (χ1n) is 1.62. The summed E-state index contributed by atoms with van der Waals surface area (Å²) in [5, 5.41) is 0. The fourth-order valence-corrected chi connectivity index (χ4v) is 0.370. The smallest absolute Gasteiger partial charge is 0.318 e. The second kappa shape index (κ2) is 2.55. The number of carbonyl (C=O) groups excluding carboxylic acids is 2. The molecule has 9 heavy (non-hydrogen) atoms. The van der Waals surface area contributed by atoms with Gasteiger partial charge in [0.25, 0.3) is 0 Å². The average molecular weight is 154 g/mol. The molecule has 0 amide bonds. The van der Waals surface area contributed by atoms with Gasteiger partial charge in [-0.1, -0.05) is 0 Å². The minimum atomic E-state index is -4.82. The lowest BCUT2D eigenvalue weighted by molar-refractivity contribution is -0.141. The molecular formula is C2H2O6S. The number of rotatable bonds is 2. The molecule has 0 radical (unpaired) electrons. The van der Waals surface area contributed by atoms with Crippen molar-refractivity contribution in [3.05, 3.63) is 0 Å². The van der Waals surface area contributed by atoms with Crippen LogP contribution in [0.25, 0.3) is 0 Å². The van der Waals surface area contributed by atoms with E-state index in [0.717, 1.165) is 0 Å². The van der Waals surface area contributed by atoms with Crippen molar-refractivity contribution in [1.82, 2.24) is 0 Å². The van der Waals surface area contributed by atoms with Gasteiger partial charge in [-0.3, -0.25) is 9.35 Å². The maximum atomic E-state index is 9.70. The van der Waals surface area contributed by atoms with E-state index >= 15 is 0 Å². The van der Waals surface area contributed by atoms with Crippen LogP contribution in [-0.4, -0.2) is 25.2 Å². The first kappa shape index (κ1) is 8.05. The third kappa shape index (κ3) is 4.91. The maximum Gasteiger partial charge on any atom is 0.449 e. The first-order valence-corrected chi connectivity index (χ1v) is 2.98. The average Bonchev–Trinajstić information content (AvgIpc) is 1.62. The van der Waals surface area contributed by atoms with Crippen molar-refractivity contribution in [3.8, 4) is 0 Å². The molecular weight excluding hydrogens is 152 g/mol. The summed E-state index contributed by atoms with van der Waals surface area (Å²) in [6, 6.07) is 0. The maximum absolute atomic E-state index is 9.70. The minimum Gasteiger partial charge on any atom is -0.318 e. The number of hydrogen-bond acceptors (Lipinski definition) is 5. The summed E-state index contributed by atoms with van der Waals surface area (Å²) >= 11 is 0. The predicted octanol–water partition coefficient (Wildman–Crippen LogP) is -1.47. The topological polar surface area (TPSA) is 97.7 Å². The van der Waals surface area contributed by atoms with E-state index in [-0.39, 0.29) is 6.29 Å². The van der Waals surface area contributed by atoms with E-state index in [1.807, 2.05) is 0 Å². The SMILES string of the molecule is O=CC(=O)OS(=O)(=O)O. The van der Waals surface area contributed by atoms with Gasteiger partial charge in [0.05, 0.1) is 0 Å². The monoisotopic (exact) mass is 154 g/mol. The van der Waals surface area contributed by atoms with Gasteiger partial charge in [0, 0.05) is 0 Å². The van der Waals surface area contributed by atoms with Gasteiger partial charge in [0.2, 0.25) is 6.29 Å². The van der Waals surface area contributed by atoms with Crippen LogP contribution in [0, 0.1) is 0 Å². The van der Waals surface area contributed by atoms with Crippen LogP contribution in [0.5, 0.6) is 0 Å². The molecule has 0 bridgehead atoms. The Bertz CT molecular complexity index is 211. The van der Waals surface area contributed by atoms with Crippen molar-refractivity contribution in [2.75, 3.05) is 0 Å². The number of aldehydes is 1. The summed E-state index contributed by atoms with van der Waals surface area (Å²) in [5.41, 5.74) is 0.